The van der Waals surface area contributed by atoms with Gasteiger partial charge >= 0.3 is 6.03 Å². The number of benzene rings is 1. The average Bonchev–Trinajstić information content (AvgIpc) is 2.78. The van der Waals surface area contributed by atoms with Crippen LogP contribution in [0.1, 0.15) is 11.1 Å². The van der Waals surface area contributed by atoms with Gasteiger partial charge in [0.05, 0.1) is 6.54 Å². The highest BCUT2D eigenvalue weighted by Gasteiger charge is 2.26. The number of likely N-dealkylation sites (N-methyl/N-ethyl adjacent to an activating group) is 1. The van der Waals surface area contributed by atoms with E-state index in [1.807, 2.05) is 18.9 Å². The number of hydrogen-bond donors (Lipinski definition) is 1. The maximum absolute atomic E-state index is 11.9. The van der Waals surface area contributed by atoms with Crippen molar-refractivity contribution in [2.75, 3.05) is 26.7 Å². The summed E-state index contributed by atoms with van der Waals surface area (Å²) in [7, 11) is 1.88. The van der Waals surface area contributed by atoms with Crippen LogP contribution in [0.4, 0.5) is 4.79 Å². The van der Waals surface area contributed by atoms with Crippen LogP contribution in [0, 0.1) is 6.92 Å². The molecule has 0 bridgehead atoms. The Morgan fingerprint density at radius 2 is 2.05 bits per heavy atom. The molecule has 0 spiro atoms. The number of carbonyl (C=O) groups excluding carboxylic acids is 2. The van der Waals surface area contributed by atoms with Gasteiger partial charge in [0, 0.05) is 19.6 Å². The smallest absolute Gasteiger partial charge is 0.324 e. The molecule has 5 nitrogen and oxygen atoms in total. The highest BCUT2D eigenvalue weighted by Crippen LogP contribution is 2.06. The number of carbonyl (C=O) groups is 2. The SMILES string of the molecule is Cc1ccc(CN(C)CC(=O)N2CCNC2=O)cc1. The largest absolute Gasteiger partial charge is 0.336 e. The topological polar surface area (TPSA) is 52.7 Å². The number of imide groups is 1. The standard InChI is InChI=1S/C14H19N3O2/c1-11-3-5-12(6-4-11)9-16(2)10-13(18)17-8-7-15-14(17)19/h3-6H,7-10H2,1-2H3,(H,15,19). The zero-order valence-corrected chi connectivity index (χ0v) is 11.3. The van der Waals surface area contributed by atoms with Crippen molar-refractivity contribution in [2.24, 2.45) is 0 Å². The second-order valence-corrected chi connectivity index (χ2v) is 4.94. The fourth-order valence-electron chi connectivity index (χ4n) is 2.09. The van der Waals surface area contributed by atoms with E-state index in [-0.39, 0.29) is 18.5 Å². The summed E-state index contributed by atoms with van der Waals surface area (Å²) >= 11 is 0. The minimum absolute atomic E-state index is 0.149. The maximum Gasteiger partial charge on any atom is 0.324 e. The highest BCUT2D eigenvalue weighted by molar-refractivity contribution is 5.96. The van der Waals surface area contributed by atoms with Gasteiger partial charge in [0.1, 0.15) is 0 Å². The summed E-state index contributed by atoms with van der Waals surface area (Å²) in [5, 5.41) is 2.63. The summed E-state index contributed by atoms with van der Waals surface area (Å²) < 4.78 is 0. The molecule has 1 aliphatic rings. The van der Waals surface area contributed by atoms with Crippen LogP contribution in [0.3, 0.4) is 0 Å². The number of nitrogens with one attached hydrogen (secondary N) is 1. The van der Waals surface area contributed by atoms with E-state index in [2.05, 4.69) is 29.6 Å². The molecular weight excluding hydrogens is 242 g/mol. The van der Waals surface area contributed by atoms with Crippen molar-refractivity contribution in [3.8, 4) is 0 Å². The zero-order valence-electron chi connectivity index (χ0n) is 11.3. The van der Waals surface area contributed by atoms with Gasteiger partial charge in [-0.3, -0.25) is 14.6 Å². The van der Waals surface area contributed by atoms with Gasteiger partial charge in [-0.1, -0.05) is 29.8 Å². The Kier molecular flexibility index (Phi) is 4.16. The van der Waals surface area contributed by atoms with Crippen LogP contribution >= 0.6 is 0 Å². The van der Waals surface area contributed by atoms with E-state index in [1.165, 1.54) is 10.5 Å². The second kappa shape index (κ2) is 5.84. The first-order valence-electron chi connectivity index (χ1n) is 6.38. The first-order valence-corrected chi connectivity index (χ1v) is 6.38. The Morgan fingerprint density at radius 1 is 1.37 bits per heavy atom. The normalized spacial score (nSPS) is 14.9. The van der Waals surface area contributed by atoms with Gasteiger partial charge in [-0.05, 0) is 19.5 Å². The van der Waals surface area contributed by atoms with E-state index in [4.69, 9.17) is 0 Å². The number of amides is 3. The maximum atomic E-state index is 11.9. The molecule has 2 rings (SSSR count). The van der Waals surface area contributed by atoms with E-state index in [0.717, 1.165) is 5.56 Å². The molecule has 1 fully saturated rings. The minimum atomic E-state index is -0.284. The van der Waals surface area contributed by atoms with Crippen LogP contribution in [0.25, 0.3) is 0 Å². The third kappa shape index (κ3) is 3.54. The number of urea groups is 1. The second-order valence-electron chi connectivity index (χ2n) is 4.94. The molecule has 0 atom stereocenters. The molecule has 0 radical (unpaired) electrons. The van der Waals surface area contributed by atoms with Gasteiger partial charge in [0.2, 0.25) is 5.91 Å². The molecule has 1 heterocycles. The van der Waals surface area contributed by atoms with Crippen LogP contribution < -0.4 is 5.32 Å². The number of rotatable bonds is 4. The third-order valence-corrected chi connectivity index (χ3v) is 3.14. The molecule has 1 aromatic rings. The van der Waals surface area contributed by atoms with Crippen LogP contribution in [0.2, 0.25) is 0 Å². The Labute approximate surface area is 113 Å². The van der Waals surface area contributed by atoms with Gasteiger partial charge in [0.15, 0.2) is 0 Å². The number of hydrogen-bond acceptors (Lipinski definition) is 3. The van der Waals surface area contributed by atoms with Crippen LogP contribution in [-0.4, -0.2) is 48.4 Å². The molecule has 0 aliphatic carbocycles. The molecule has 0 saturated carbocycles. The van der Waals surface area contributed by atoms with Crippen molar-refractivity contribution in [2.45, 2.75) is 13.5 Å². The van der Waals surface area contributed by atoms with E-state index in [0.29, 0.717) is 19.6 Å². The molecule has 1 N–H and O–H groups in total. The first-order chi connectivity index (χ1) is 9.06. The van der Waals surface area contributed by atoms with E-state index >= 15 is 0 Å². The Balaban J connectivity index is 1.87. The van der Waals surface area contributed by atoms with Gasteiger partial charge in [0.25, 0.3) is 0 Å². The van der Waals surface area contributed by atoms with Gasteiger partial charge in [-0.25, -0.2) is 4.79 Å². The predicted molar refractivity (Wildman–Crippen MR) is 72.6 cm³/mol. The fraction of sp³-hybridized carbons (Fsp3) is 0.429. The van der Waals surface area contributed by atoms with Crippen molar-refractivity contribution >= 4 is 11.9 Å². The molecule has 3 amide bonds. The summed E-state index contributed by atoms with van der Waals surface area (Å²) in [6.45, 7) is 4.01. The summed E-state index contributed by atoms with van der Waals surface area (Å²) in [5.74, 6) is -0.149. The van der Waals surface area contributed by atoms with Crippen LogP contribution in [0.5, 0.6) is 0 Å². The van der Waals surface area contributed by atoms with Crippen molar-refractivity contribution in [1.29, 1.82) is 0 Å². The quantitative estimate of drug-likeness (QED) is 0.879. The molecule has 1 aromatic carbocycles. The molecule has 102 valence electrons. The lowest BCUT2D eigenvalue weighted by atomic mass is 10.1. The van der Waals surface area contributed by atoms with E-state index in [1.54, 1.807) is 0 Å². The molecular formula is C14H19N3O2. The van der Waals surface area contributed by atoms with Crippen LogP contribution in [0.15, 0.2) is 24.3 Å². The van der Waals surface area contributed by atoms with E-state index in [9.17, 15) is 9.59 Å². The van der Waals surface area contributed by atoms with Gasteiger partial charge in [-0.2, -0.15) is 0 Å². The van der Waals surface area contributed by atoms with Crippen molar-refractivity contribution in [1.82, 2.24) is 15.1 Å². The zero-order chi connectivity index (χ0) is 13.8. The number of aryl methyl sites for hydroxylation is 1. The summed E-state index contributed by atoms with van der Waals surface area (Å²) in [4.78, 5) is 26.5. The summed E-state index contributed by atoms with van der Waals surface area (Å²) in [6.07, 6.45) is 0. The molecule has 19 heavy (non-hydrogen) atoms. The van der Waals surface area contributed by atoms with Gasteiger partial charge < -0.3 is 5.32 Å². The molecule has 5 heteroatoms. The highest BCUT2D eigenvalue weighted by atomic mass is 16.2. The minimum Gasteiger partial charge on any atom is -0.336 e. The lowest BCUT2D eigenvalue weighted by Gasteiger charge is -2.19. The van der Waals surface area contributed by atoms with Crippen molar-refractivity contribution in [3.05, 3.63) is 35.4 Å². The summed E-state index contributed by atoms with van der Waals surface area (Å²) in [6, 6.07) is 7.93. The lowest BCUT2D eigenvalue weighted by molar-refractivity contribution is -0.128. The Bertz CT molecular complexity index is 470. The fourth-order valence-corrected chi connectivity index (χ4v) is 2.09. The monoisotopic (exact) mass is 261 g/mol. The van der Waals surface area contributed by atoms with Crippen molar-refractivity contribution in [3.63, 3.8) is 0 Å². The van der Waals surface area contributed by atoms with Gasteiger partial charge in [-0.15, -0.1) is 0 Å². The van der Waals surface area contributed by atoms with E-state index < -0.39 is 0 Å². The Hall–Kier alpha value is -1.88. The van der Waals surface area contributed by atoms with Crippen molar-refractivity contribution < 1.29 is 9.59 Å². The average molecular weight is 261 g/mol. The summed E-state index contributed by atoms with van der Waals surface area (Å²) in [5.41, 5.74) is 2.38. The molecule has 1 aliphatic heterocycles. The first kappa shape index (κ1) is 13.5. The molecule has 0 aromatic heterocycles. The lowest BCUT2D eigenvalue weighted by Crippen LogP contribution is -2.40. The third-order valence-electron chi connectivity index (χ3n) is 3.14. The predicted octanol–water partition coefficient (Wildman–Crippen LogP) is 0.979. The molecule has 1 saturated heterocycles. The molecule has 0 unspecified atom stereocenters. The number of nitrogens with zero attached hydrogens (tertiary/aromatic N) is 2. The Morgan fingerprint density at radius 3 is 2.63 bits per heavy atom. The van der Waals surface area contributed by atoms with Crippen LogP contribution in [-0.2, 0) is 11.3 Å².